The lowest BCUT2D eigenvalue weighted by Gasteiger charge is -2.19. The van der Waals surface area contributed by atoms with E-state index < -0.39 is 5.97 Å². The van der Waals surface area contributed by atoms with Crippen molar-refractivity contribution in [1.29, 1.82) is 0 Å². The van der Waals surface area contributed by atoms with Crippen molar-refractivity contribution in [1.82, 2.24) is 5.32 Å². The Morgan fingerprint density at radius 1 is 1.50 bits per heavy atom. The molecule has 0 heterocycles. The molecule has 0 bridgehead atoms. The fourth-order valence-corrected chi connectivity index (χ4v) is 3.47. The molecule has 0 aromatic heterocycles. The van der Waals surface area contributed by atoms with Crippen LogP contribution in [-0.4, -0.2) is 34.2 Å². The van der Waals surface area contributed by atoms with E-state index in [1.54, 1.807) is 0 Å². The highest BCUT2D eigenvalue weighted by Crippen LogP contribution is 2.30. The first-order valence-corrected chi connectivity index (χ1v) is 7.32. The quantitative estimate of drug-likeness (QED) is 0.723. The molecule has 1 fully saturated rings. The van der Waals surface area contributed by atoms with Crippen LogP contribution in [0.3, 0.4) is 0 Å². The molecule has 1 rings (SSSR count). The summed E-state index contributed by atoms with van der Waals surface area (Å²) in [7, 11) is 0. The topological polar surface area (TPSA) is 49.3 Å². The van der Waals surface area contributed by atoms with E-state index in [9.17, 15) is 4.79 Å². The molecule has 16 heavy (non-hydrogen) atoms. The molecule has 0 aliphatic heterocycles. The first kappa shape index (κ1) is 13.8. The number of hydrogen-bond donors (Lipinski definition) is 2. The van der Waals surface area contributed by atoms with Crippen LogP contribution in [0.5, 0.6) is 0 Å². The van der Waals surface area contributed by atoms with Gasteiger partial charge in [-0.1, -0.05) is 20.3 Å². The van der Waals surface area contributed by atoms with E-state index in [4.69, 9.17) is 5.11 Å². The number of aliphatic carboxylic acids is 1. The Bertz CT molecular complexity index is 223. The number of nitrogens with one attached hydrogen (secondary N) is 1. The summed E-state index contributed by atoms with van der Waals surface area (Å²) in [5.41, 5.74) is 0. The van der Waals surface area contributed by atoms with Crippen molar-refractivity contribution in [3.63, 3.8) is 0 Å². The van der Waals surface area contributed by atoms with Crippen LogP contribution in [0.25, 0.3) is 0 Å². The van der Waals surface area contributed by atoms with Gasteiger partial charge in [0.25, 0.3) is 0 Å². The van der Waals surface area contributed by atoms with E-state index in [-0.39, 0.29) is 6.04 Å². The predicted molar refractivity (Wildman–Crippen MR) is 69.0 cm³/mol. The van der Waals surface area contributed by atoms with Crippen LogP contribution in [0.2, 0.25) is 0 Å². The van der Waals surface area contributed by atoms with Crippen LogP contribution in [0.15, 0.2) is 0 Å². The summed E-state index contributed by atoms with van der Waals surface area (Å²) in [5.74, 6) is 0.461. The zero-order valence-electron chi connectivity index (χ0n) is 10.2. The monoisotopic (exact) mass is 245 g/mol. The fourth-order valence-electron chi connectivity index (χ4n) is 2.33. The van der Waals surface area contributed by atoms with Crippen molar-refractivity contribution in [3.8, 4) is 0 Å². The highest BCUT2D eigenvalue weighted by Gasteiger charge is 2.28. The SMILES string of the molecule is CCCC(NC1CCC(SCC)C1)C(=O)O. The maximum Gasteiger partial charge on any atom is 0.320 e. The molecule has 0 aromatic carbocycles. The molecule has 0 aromatic rings. The average Bonchev–Trinajstić information content (AvgIpc) is 2.65. The van der Waals surface area contributed by atoms with Gasteiger partial charge in [0.2, 0.25) is 0 Å². The summed E-state index contributed by atoms with van der Waals surface area (Å²) in [5, 5.41) is 13.1. The number of carbonyl (C=O) groups is 1. The molecule has 1 aliphatic rings. The molecule has 0 spiro atoms. The minimum absolute atomic E-state index is 0.347. The molecule has 1 saturated carbocycles. The average molecular weight is 245 g/mol. The van der Waals surface area contributed by atoms with Gasteiger partial charge in [-0.2, -0.15) is 11.8 Å². The van der Waals surface area contributed by atoms with Crippen LogP contribution in [0.4, 0.5) is 0 Å². The Labute approximate surface area is 102 Å². The molecular weight excluding hydrogens is 222 g/mol. The lowest BCUT2D eigenvalue weighted by atomic mass is 10.1. The molecule has 94 valence electrons. The second-order valence-corrected chi connectivity index (χ2v) is 6.01. The van der Waals surface area contributed by atoms with Crippen LogP contribution >= 0.6 is 11.8 Å². The number of carboxylic acid groups (broad SMARTS) is 1. The second-order valence-electron chi connectivity index (χ2n) is 4.43. The maximum absolute atomic E-state index is 11.0. The van der Waals surface area contributed by atoms with Gasteiger partial charge in [0, 0.05) is 11.3 Å². The smallest absolute Gasteiger partial charge is 0.320 e. The first-order valence-electron chi connectivity index (χ1n) is 6.27. The molecule has 1 aliphatic carbocycles. The molecule has 4 heteroatoms. The third kappa shape index (κ3) is 4.34. The molecule has 0 amide bonds. The molecule has 0 radical (unpaired) electrons. The van der Waals surface area contributed by atoms with Gasteiger partial charge < -0.3 is 10.4 Å². The number of thioether (sulfide) groups is 1. The Kier molecular flexibility index (Phi) is 6.21. The molecule has 2 N–H and O–H groups in total. The van der Waals surface area contributed by atoms with Gasteiger partial charge in [0.15, 0.2) is 0 Å². The summed E-state index contributed by atoms with van der Waals surface area (Å²) in [4.78, 5) is 11.0. The lowest BCUT2D eigenvalue weighted by molar-refractivity contribution is -0.139. The predicted octanol–water partition coefficient (Wildman–Crippen LogP) is 2.50. The summed E-state index contributed by atoms with van der Waals surface area (Å²) >= 11 is 2.00. The zero-order chi connectivity index (χ0) is 12.0. The first-order chi connectivity index (χ1) is 7.67. The van der Waals surface area contributed by atoms with Crippen LogP contribution in [0, 0.1) is 0 Å². The van der Waals surface area contributed by atoms with Crippen LogP contribution in [-0.2, 0) is 4.79 Å². The van der Waals surface area contributed by atoms with E-state index in [0.29, 0.717) is 6.04 Å². The van der Waals surface area contributed by atoms with Crippen molar-refractivity contribution in [2.75, 3.05) is 5.75 Å². The van der Waals surface area contributed by atoms with E-state index >= 15 is 0 Å². The largest absolute Gasteiger partial charge is 0.480 e. The van der Waals surface area contributed by atoms with Gasteiger partial charge in [0.1, 0.15) is 6.04 Å². The summed E-state index contributed by atoms with van der Waals surface area (Å²) < 4.78 is 0. The summed E-state index contributed by atoms with van der Waals surface area (Å²) in [6.45, 7) is 4.21. The van der Waals surface area contributed by atoms with E-state index in [0.717, 1.165) is 36.7 Å². The molecule has 3 atom stereocenters. The fraction of sp³-hybridized carbons (Fsp3) is 0.917. The van der Waals surface area contributed by atoms with E-state index in [1.165, 1.54) is 6.42 Å². The van der Waals surface area contributed by atoms with Gasteiger partial charge in [-0.25, -0.2) is 0 Å². The Morgan fingerprint density at radius 2 is 2.25 bits per heavy atom. The minimum Gasteiger partial charge on any atom is -0.480 e. The maximum atomic E-state index is 11.0. The zero-order valence-corrected chi connectivity index (χ0v) is 11.1. The van der Waals surface area contributed by atoms with Gasteiger partial charge in [-0.15, -0.1) is 0 Å². The van der Waals surface area contributed by atoms with Crippen molar-refractivity contribution in [2.24, 2.45) is 0 Å². The van der Waals surface area contributed by atoms with Gasteiger partial charge in [0.05, 0.1) is 0 Å². The lowest BCUT2D eigenvalue weighted by Crippen LogP contribution is -2.42. The normalized spacial score (nSPS) is 26.9. The van der Waals surface area contributed by atoms with Crippen molar-refractivity contribution < 1.29 is 9.90 Å². The Hall–Kier alpha value is -0.220. The van der Waals surface area contributed by atoms with Gasteiger partial charge in [-0.3, -0.25) is 4.79 Å². The van der Waals surface area contributed by atoms with Crippen LogP contribution < -0.4 is 5.32 Å². The Balaban J connectivity index is 2.33. The number of hydrogen-bond acceptors (Lipinski definition) is 3. The van der Waals surface area contributed by atoms with E-state index in [2.05, 4.69) is 12.2 Å². The highest BCUT2D eigenvalue weighted by molar-refractivity contribution is 7.99. The van der Waals surface area contributed by atoms with Crippen molar-refractivity contribution in [2.45, 2.75) is 63.3 Å². The molecular formula is C12H23NO2S. The minimum atomic E-state index is -0.701. The summed E-state index contributed by atoms with van der Waals surface area (Å²) in [6, 6.07) is 0.0667. The molecule has 3 unspecified atom stereocenters. The van der Waals surface area contributed by atoms with Gasteiger partial charge >= 0.3 is 5.97 Å². The third-order valence-corrected chi connectivity index (χ3v) is 4.33. The second kappa shape index (κ2) is 7.17. The van der Waals surface area contributed by atoms with Gasteiger partial charge in [-0.05, 0) is 31.4 Å². The standard InChI is InChI=1S/C12H23NO2S/c1-3-5-11(12(14)15)13-9-6-7-10(8-9)16-4-2/h9-11,13H,3-8H2,1-2H3,(H,14,15). The third-order valence-electron chi connectivity index (χ3n) is 3.10. The summed E-state index contributed by atoms with van der Waals surface area (Å²) in [6.07, 6.45) is 5.15. The number of carboxylic acids is 1. The molecule has 3 nitrogen and oxygen atoms in total. The van der Waals surface area contributed by atoms with Crippen molar-refractivity contribution in [3.05, 3.63) is 0 Å². The molecule has 0 saturated heterocycles. The van der Waals surface area contributed by atoms with E-state index in [1.807, 2.05) is 18.7 Å². The van der Waals surface area contributed by atoms with Crippen LogP contribution in [0.1, 0.15) is 46.0 Å². The highest BCUT2D eigenvalue weighted by atomic mass is 32.2. The Morgan fingerprint density at radius 3 is 2.81 bits per heavy atom. The van der Waals surface area contributed by atoms with Crippen molar-refractivity contribution >= 4 is 17.7 Å². The number of rotatable bonds is 7.